The molecule has 0 saturated heterocycles. The van der Waals surface area contributed by atoms with Gasteiger partial charge in [0.1, 0.15) is 0 Å². The molecule has 2 rings (SSSR count). The van der Waals surface area contributed by atoms with Crippen LogP contribution in [-0.4, -0.2) is 16.0 Å². The van der Waals surface area contributed by atoms with E-state index in [0.29, 0.717) is 27.3 Å². The van der Waals surface area contributed by atoms with E-state index in [1.54, 1.807) is 39.0 Å². The minimum absolute atomic E-state index is 0.0821. The lowest BCUT2D eigenvalue weighted by Crippen LogP contribution is -2.42. The summed E-state index contributed by atoms with van der Waals surface area (Å²) in [5.41, 5.74) is -0.152. The third-order valence-corrected chi connectivity index (χ3v) is 3.65. The molecule has 112 valence electrons. The van der Waals surface area contributed by atoms with Gasteiger partial charge in [0.15, 0.2) is 5.82 Å². The lowest BCUT2D eigenvalue weighted by Gasteiger charge is -2.22. The van der Waals surface area contributed by atoms with Gasteiger partial charge in [0, 0.05) is 17.0 Å². The molecule has 5 nitrogen and oxygen atoms in total. The summed E-state index contributed by atoms with van der Waals surface area (Å²) in [6, 6.07) is 5.13. The van der Waals surface area contributed by atoms with Crippen molar-refractivity contribution < 1.29 is 9.32 Å². The third kappa shape index (κ3) is 3.74. The highest BCUT2D eigenvalue weighted by molar-refractivity contribution is 6.36. The summed E-state index contributed by atoms with van der Waals surface area (Å²) in [7, 11) is 0. The van der Waals surface area contributed by atoms with Gasteiger partial charge in [-0.15, -0.1) is 0 Å². The van der Waals surface area contributed by atoms with E-state index in [2.05, 4.69) is 15.5 Å². The molecule has 0 radical (unpaired) electrons. The second kappa shape index (κ2) is 6.03. The molecular weight excluding hydrogens is 313 g/mol. The van der Waals surface area contributed by atoms with Crippen LogP contribution in [0.5, 0.6) is 0 Å². The number of hydrogen-bond acceptors (Lipinski definition) is 4. The monoisotopic (exact) mass is 327 g/mol. The first-order valence-corrected chi connectivity index (χ1v) is 7.10. The van der Waals surface area contributed by atoms with Gasteiger partial charge in [-0.05, 0) is 31.5 Å². The van der Waals surface area contributed by atoms with Crippen LogP contribution in [0.15, 0.2) is 22.7 Å². The van der Waals surface area contributed by atoms with Gasteiger partial charge in [-0.2, -0.15) is 4.98 Å². The van der Waals surface area contributed by atoms with Crippen LogP contribution in [0, 0.1) is 6.92 Å². The average Bonchev–Trinajstić information content (AvgIpc) is 2.81. The average molecular weight is 328 g/mol. The Balaban J connectivity index is 2.11. The van der Waals surface area contributed by atoms with E-state index in [-0.39, 0.29) is 12.3 Å². The molecule has 1 amide bonds. The fourth-order valence-electron chi connectivity index (χ4n) is 1.86. The first-order chi connectivity index (χ1) is 9.79. The van der Waals surface area contributed by atoms with Gasteiger partial charge in [0.2, 0.25) is 11.8 Å². The minimum atomic E-state index is -0.747. The van der Waals surface area contributed by atoms with Crippen molar-refractivity contribution in [1.82, 2.24) is 15.5 Å². The van der Waals surface area contributed by atoms with Crippen LogP contribution in [0.4, 0.5) is 0 Å². The fourth-order valence-corrected chi connectivity index (χ4v) is 2.39. The summed E-state index contributed by atoms with van der Waals surface area (Å²) in [5.74, 6) is 0.637. The van der Waals surface area contributed by atoms with E-state index in [9.17, 15) is 4.79 Å². The number of hydrogen-bond donors (Lipinski definition) is 1. The summed E-state index contributed by atoms with van der Waals surface area (Å²) >= 11 is 12.1. The lowest BCUT2D eigenvalue weighted by molar-refractivity contribution is -0.122. The number of halogens is 2. The van der Waals surface area contributed by atoms with Crippen LogP contribution in [0.3, 0.4) is 0 Å². The van der Waals surface area contributed by atoms with Crippen LogP contribution in [0.25, 0.3) is 0 Å². The molecule has 7 heteroatoms. The van der Waals surface area contributed by atoms with Gasteiger partial charge in [0.25, 0.3) is 0 Å². The number of benzene rings is 1. The Morgan fingerprint density at radius 2 is 1.95 bits per heavy atom. The molecule has 1 N–H and O–H groups in total. The summed E-state index contributed by atoms with van der Waals surface area (Å²) < 4.78 is 4.93. The molecule has 0 spiro atoms. The van der Waals surface area contributed by atoms with Gasteiger partial charge < -0.3 is 9.84 Å². The van der Waals surface area contributed by atoms with Crippen molar-refractivity contribution in [2.45, 2.75) is 32.7 Å². The maximum Gasteiger partial charge on any atom is 0.225 e. The van der Waals surface area contributed by atoms with Crippen molar-refractivity contribution in [3.8, 4) is 0 Å². The Morgan fingerprint density at radius 1 is 1.33 bits per heavy atom. The number of aryl methyl sites for hydroxylation is 1. The normalized spacial score (nSPS) is 11.5. The largest absolute Gasteiger partial charge is 0.344 e. The van der Waals surface area contributed by atoms with Crippen LogP contribution in [0.1, 0.15) is 31.1 Å². The van der Waals surface area contributed by atoms with Crippen LogP contribution in [0.2, 0.25) is 10.0 Å². The van der Waals surface area contributed by atoms with E-state index >= 15 is 0 Å². The third-order valence-electron chi connectivity index (χ3n) is 2.94. The van der Waals surface area contributed by atoms with E-state index in [0.717, 1.165) is 0 Å². The predicted molar refractivity (Wildman–Crippen MR) is 80.4 cm³/mol. The summed E-state index contributed by atoms with van der Waals surface area (Å²) in [4.78, 5) is 16.3. The van der Waals surface area contributed by atoms with Gasteiger partial charge in [-0.3, -0.25) is 4.79 Å². The van der Waals surface area contributed by atoms with E-state index in [4.69, 9.17) is 27.7 Å². The predicted octanol–water partition coefficient (Wildman–Crippen LogP) is 3.28. The van der Waals surface area contributed by atoms with Crippen molar-refractivity contribution in [3.05, 3.63) is 45.5 Å². The van der Waals surface area contributed by atoms with Crippen molar-refractivity contribution >= 4 is 29.1 Å². The maximum absolute atomic E-state index is 12.2. The highest BCUT2D eigenvalue weighted by Crippen LogP contribution is 2.25. The molecule has 0 atom stereocenters. The standard InChI is InChI=1S/C14H15Cl2N3O2/c1-8-17-13(19-21-8)14(2,3)18-12(20)7-9-10(15)5-4-6-11(9)16/h4-6H,7H2,1-3H3,(H,18,20). The molecule has 0 aliphatic heterocycles. The molecular formula is C14H15Cl2N3O2. The molecule has 0 aliphatic rings. The van der Waals surface area contributed by atoms with E-state index in [1.807, 2.05) is 0 Å². The molecule has 0 aliphatic carbocycles. The van der Waals surface area contributed by atoms with Gasteiger partial charge in [-0.1, -0.05) is 34.4 Å². The smallest absolute Gasteiger partial charge is 0.225 e. The van der Waals surface area contributed by atoms with Crippen molar-refractivity contribution in [3.63, 3.8) is 0 Å². The topological polar surface area (TPSA) is 68.0 Å². The Hall–Kier alpha value is -1.59. The SMILES string of the molecule is Cc1nc(C(C)(C)NC(=O)Cc2c(Cl)cccc2Cl)no1. The number of carbonyl (C=O) groups is 1. The molecule has 0 fully saturated rings. The van der Waals surface area contributed by atoms with Crippen molar-refractivity contribution in [1.29, 1.82) is 0 Å². The zero-order valence-corrected chi connectivity index (χ0v) is 13.4. The molecule has 21 heavy (non-hydrogen) atoms. The Bertz CT molecular complexity index is 648. The van der Waals surface area contributed by atoms with Gasteiger partial charge >= 0.3 is 0 Å². The molecule has 2 aromatic rings. The van der Waals surface area contributed by atoms with Crippen molar-refractivity contribution in [2.75, 3.05) is 0 Å². The Kier molecular flexibility index (Phi) is 4.54. The summed E-state index contributed by atoms with van der Waals surface area (Å²) in [6.45, 7) is 5.28. The number of nitrogens with one attached hydrogen (secondary N) is 1. The first-order valence-electron chi connectivity index (χ1n) is 6.34. The van der Waals surface area contributed by atoms with Crippen LogP contribution >= 0.6 is 23.2 Å². The Morgan fingerprint density at radius 3 is 2.48 bits per heavy atom. The molecule has 1 heterocycles. The number of nitrogens with zero attached hydrogens (tertiary/aromatic N) is 2. The summed E-state index contributed by atoms with van der Waals surface area (Å²) in [6.07, 6.45) is 0.0821. The molecule has 1 aromatic heterocycles. The number of aromatic nitrogens is 2. The van der Waals surface area contributed by atoms with E-state index < -0.39 is 5.54 Å². The quantitative estimate of drug-likeness (QED) is 0.935. The molecule has 0 unspecified atom stereocenters. The number of rotatable bonds is 4. The molecule has 1 aromatic carbocycles. The second-order valence-corrected chi connectivity index (χ2v) is 6.00. The van der Waals surface area contributed by atoms with E-state index in [1.165, 1.54) is 0 Å². The first kappa shape index (κ1) is 15.8. The molecule has 0 saturated carbocycles. The highest BCUT2D eigenvalue weighted by Gasteiger charge is 2.28. The highest BCUT2D eigenvalue weighted by atomic mass is 35.5. The number of carbonyl (C=O) groups excluding carboxylic acids is 1. The number of amides is 1. The molecule has 0 bridgehead atoms. The minimum Gasteiger partial charge on any atom is -0.344 e. The zero-order chi connectivity index (χ0) is 15.6. The second-order valence-electron chi connectivity index (χ2n) is 5.19. The van der Waals surface area contributed by atoms with Crippen LogP contribution in [-0.2, 0) is 16.8 Å². The fraction of sp³-hybridized carbons (Fsp3) is 0.357. The van der Waals surface area contributed by atoms with Gasteiger partial charge in [-0.25, -0.2) is 0 Å². The lowest BCUT2D eigenvalue weighted by atomic mass is 10.0. The van der Waals surface area contributed by atoms with Gasteiger partial charge in [0.05, 0.1) is 12.0 Å². The maximum atomic E-state index is 12.2. The summed E-state index contributed by atoms with van der Waals surface area (Å²) in [5, 5.41) is 7.60. The zero-order valence-electron chi connectivity index (χ0n) is 11.9. The van der Waals surface area contributed by atoms with Crippen LogP contribution < -0.4 is 5.32 Å². The van der Waals surface area contributed by atoms with Crippen molar-refractivity contribution in [2.24, 2.45) is 0 Å². The Labute approximate surface area is 132 Å².